The summed E-state index contributed by atoms with van der Waals surface area (Å²) >= 11 is 7.44. The lowest BCUT2D eigenvalue weighted by Gasteiger charge is -2.33. The first-order valence-corrected chi connectivity index (χ1v) is 37.6. The SMILES string of the molecule is CCCCCCCCC1(CCCCCCCC)c2cc(B3OC(C)(C)C(C)(C)O3)ccc2-c2ccc(-c3ccc(B4OC(C)(C)C(C)(C)O4)cc3)cc21.CCCCCCCCC1(CCCCCCCC)c2cc(Br)ccc2-c2ccc(-c3ccc(Br)cc3)cc21. The van der Waals surface area contributed by atoms with Gasteiger partial charge in [0.15, 0.2) is 0 Å². The molecular formula is C82H112B2Br2O4. The predicted octanol–water partition coefficient (Wildman–Crippen LogP) is 24.4. The van der Waals surface area contributed by atoms with E-state index in [1.165, 1.54) is 240 Å². The van der Waals surface area contributed by atoms with Crippen molar-refractivity contribution in [3.8, 4) is 44.5 Å². The van der Waals surface area contributed by atoms with Crippen molar-refractivity contribution in [3.63, 3.8) is 0 Å². The van der Waals surface area contributed by atoms with E-state index in [1.807, 2.05) is 0 Å². The maximum absolute atomic E-state index is 6.63. The van der Waals surface area contributed by atoms with E-state index in [0.29, 0.717) is 0 Å². The number of benzene rings is 6. The van der Waals surface area contributed by atoms with Crippen molar-refractivity contribution < 1.29 is 18.6 Å². The molecule has 0 amide bonds. The van der Waals surface area contributed by atoms with Crippen LogP contribution in [0.4, 0.5) is 0 Å². The molecule has 2 saturated heterocycles. The van der Waals surface area contributed by atoms with Gasteiger partial charge in [-0.05, 0) is 195 Å². The van der Waals surface area contributed by atoms with Crippen LogP contribution in [-0.2, 0) is 29.4 Å². The molecule has 0 bridgehead atoms. The van der Waals surface area contributed by atoms with Crippen LogP contribution in [0.1, 0.15) is 285 Å². The lowest BCUT2D eigenvalue weighted by Crippen LogP contribution is -2.41. The molecule has 90 heavy (non-hydrogen) atoms. The Kier molecular flexibility index (Phi) is 24.8. The topological polar surface area (TPSA) is 36.9 Å². The van der Waals surface area contributed by atoms with E-state index >= 15 is 0 Å². The highest BCUT2D eigenvalue weighted by Gasteiger charge is 2.54. The molecule has 8 heteroatoms. The molecule has 0 unspecified atom stereocenters. The van der Waals surface area contributed by atoms with Gasteiger partial charge in [0.2, 0.25) is 0 Å². The van der Waals surface area contributed by atoms with E-state index in [-0.39, 0.29) is 47.5 Å². The molecule has 6 aromatic rings. The summed E-state index contributed by atoms with van der Waals surface area (Å²) in [7, 11) is -0.725. The maximum Gasteiger partial charge on any atom is 0.494 e. The molecule has 2 aliphatic heterocycles. The second-order valence-corrected chi connectivity index (χ2v) is 31.4. The number of hydrogen-bond donors (Lipinski definition) is 0. The molecule has 0 saturated carbocycles. The smallest absolute Gasteiger partial charge is 0.399 e. The third kappa shape index (κ3) is 16.1. The van der Waals surface area contributed by atoms with Crippen LogP contribution in [0.5, 0.6) is 0 Å². The predicted molar refractivity (Wildman–Crippen MR) is 395 cm³/mol. The zero-order valence-corrected chi connectivity index (χ0v) is 61.1. The van der Waals surface area contributed by atoms with E-state index in [9.17, 15) is 0 Å². The van der Waals surface area contributed by atoms with Crippen molar-refractivity contribution in [3.05, 3.63) is 153 Å². The Labute approximate surface area is 564 Å². The minimum atomic E-state index is -0.374. The van der Waals surface area contributed by atoms with Crippen molar-refractivity contribution in [1.29, 1.82) is 0 Å². The first-order valence-electron chi connectivity index (χ1n) is 36.1. The molecule has 0 radical (unpaired) electrons. The van der Waals surface area contributed by atoms with Crippen molar-refractivity contribution in [2.45, 2.75) is 296 Å². The summed E-state index contributed by atoms with van der Waals surface area (Å²) in [4.78, 5) is 0. The Bertz CT molecular complexity index is 3190. The molecular weight excluding hydrogens is 1230 g/mol. The average molecular weight is 1340 g/mol. The molecule has 0 atom stereocenters. The molecule has 0 spiro atoms. The maximum atomic E-state index is 6.63. The second kappa shape index (κ2) is 31.7. The number of hydrogen-bond acceptors (Lipinski definition) is 4. The van der Waals surface area contributed by atoms with Crippen LogP contribution in [0, 0.1) is 0 Å². The van der Waals surface area contributed by atoms with Crippen molar-refractivity contribution in [1.82, 2.24) is 0 Å². The summed E-state index contributed by atoms with van der Waals surface area (Å²) in [5.41, 5.74) is 17.8. The van der Waals surface area contributed by atoms with Crippen molar-refractivity contribution in [2.75, 3.05) is 0 Å². The average Bonchev–Trinajstić information content (AvgIpc) is 1.62. The first-order chi connectivity index (χ1) is 43.2. The molecule has 484 valence electrons. The van der Waals surface area contributed by atoms with E-state index in [4.69, 9.17) is 18.6 Å². The Morgan fingerprint density at radius 3 is 0.922 bits per heavy atom. The van der Waals surface area contributed by atoms with Gasteiger partial charge < -0.3 is 18.6 Å². The van der Waals surface area contributed by atoms with E-state index < -0.39 is 0 Å². The van der Waals surface area contributed by atoms with Gasteiger partial charge in [0.05, 0.1) is 22.4 Å². The third-order valence-corrected chi connectivity index (χ3v) is 23.0. The van der Waals surface area contributed by atoms with Crippen LogP contribution in [0.25, 0.3) is 44.5 Å². The molecule has 2 fully saturated rings. The fourth-order valence-electron chi connectivity index (χ4n) is 15.1. The van der Waals surface area contributed by atoms with Crippen LogP contribution in [0.15, 0.2) is 130 Å². The summed E-state index contributed by atoms with van der Waals surface area (Å²) in [6, 6.07) is 46.4. The Morgan fingerprint density at radius 2 is 0.544 bits per heavy atom. The molecule has 4 aliphatic rings. The summed E-state index contributed by atoms with van der Waals surface area (Å²) < 4.78 is 28.4. The van der Waals surface area contributed by atoms with Gasteiger partial charge in [0.1, 0.15) is 0 Å². The number of unbranched alkanes of at least 4 members (excludes halogenated alkanes) is 20. The number of rotatable bonds is 32. The highest BCUT2D eigenvalue weighted by atomic mass is 79.9. The highest BCUT2D eigenvalue weighted by Crippen LogP contribution is 2.57. The van der Waals surface area contributed by atoms with Gasteiger partial charge in [-0.2, -0.15) is 0 Å². The standard InChI is InChI=1S/C47H68B2O4.C35H44Br2/c1-11-13-15-17-19-21-31-47(32-22-20-18-16-14-12-2)41-33-36(35-23-26-37(27-24-35)48-50-43(3,4)44(5,6)51-48)25-29-39(41)40-30-28-38(34-42(40)47)49-52-45(7,8)46(9,10)53-49;1-3-5-7-9-11-13-23-35(24-14-12-10-8-6-4-2)33-25-28(27-15-18-29(36)19-16-27)17-21-31(33)32-22-20-30(37)26-34(32)35/h23-30,33-34H,11-22,31-32H2,1-10H3;15-22,25-26H,3-14,23-24H2,1-2H3. The van der Waals surface area contributed by atoms with Crippen LogP contribution in [-0.4, -0.2) is 36.6 Å². The first kappa shape index (κ1) is 70.6. The quantitative estimate of drug-likeness (QED) is 0.0312. The highest BCUT2D eigenvalue weighted by molar-refractivity contribution is 9.10. The monoisotopic (exact) mass is 1340 g/mol. The summed E-state index contributed by atoms with van der Waals surface area (Å²) in [6.07, 6.45) is 36.7. The minimum Gasteiger partial charge on any atom is -0.399 e. The fourth-order valence-corrected chi connectivity index (χ4v) is 15.7. The lowest BCUT2D eigenvalue weighted by atomic mass is 9.68. The van der Waals surface area contributed by atoms with Gasteiger partial charge in [0, 0.05) is 19.8 Å². The molecule has 2 aliphatic carbocycles. The molecule has 4 nitrogen and oxygen atoms in total. The van der Waals surface area contributed by atoms with Crippen molar-refractivity contribution >= 4 is 57.0 Å². The largest absolute Gasteiger partial charge is 0.494 e. The molecule has 0 aromatic heterocycles. The lowest BCUT2D eigenvalue weighted by molar-refractivity contribution is 0.00578. The minimum absolute atomic E-state index is 0.0432. The Hall–Kier alpha value is -3.75. The zero-order chi connectivity index (χ0) is 64.2. The van der Waals surface area contributed by atoms with Gasteiger partial charge in [-0.3, -0.25) is 0 Å². The summed E-state index contributed by atoms with van der Waals surface area (Å²) in [5, 5.41) is 0. The van der Waals surface area contributed by atoms with E-state index in [2.05, 4.69) is 236 Å². The van der Waals surface area contributed by atoms with Crippen LogP contribution in [0.2, 0.25) is 0 Å². The van der Waals surface area contributed by atoms with E-state index in [1.54, 1.807) is 11.1 Å². The molecule has 10 rings (SSSR count). The Balaban J connectivity index is 0.000000228. The zero-order valence-electron chi connectivity index (χ0n) is 57.9. The molecule has 2 heterocycles. The van der Waals surface area contributed by atoms with Crippen LogP contribution in [0.3, 0.4) is 0 Å². The second-order valence-electron chi connectivity index (χ2n) is 29.6. The van der Waals surface area contributed by atoms with Gasteiger partial charge >= 0.3 is 14.2 Å². The summed E-state index contributed by atoms with van der Waals surface area (Å²) in [6.45, 7) is 26.3. The number of fused-ring (bicyclic) bond motifs is 6. The van der Waals surface area contributed by atoms with Gasteiger partial charge in [-0.25, -0.2) is 0 Å². The van der Waals surface area contributed by atoms with Gasteiger partial charge in [0.25, 0.3) is 0 Å². The third-order valence-electron chi connectivity index (χ3n) is 22.0. The van der Waals surface area contributed by atoms with Crippen LogP contribution >= 0.6 is 31.9 Å². The number of halogens is 2. The molecule has 6 aromatic carbocycles. The fraction of sp³-hybridized carbons (Fsp3) is 0.561. The van der Waals surface area contributed by atoms with Crippen molar-refractivity contribution in [2.24, 2.45) is 0 Å². The Morgan fingerprint density at radius 1 is 0.278 bits per heavy atom. The normalized spacial score (nSPS) is 17.4. The van der Waals surface area contributed by atoms with Crippen LogP contribution < -0.4 is 10.9 Å². The summed E-state index contributed by atoms with van der Waals surface area (Å²) in [5.74, 6) is 0. The van der Waals surface area contributed by atoms with Gasteiger partial charge in [-0.1, -0.05) is 299 Å². The molecule has 0 N–H and O–H groups in total. The van der Waals surface area contributed by atoms with E-state index in [0.717, 1.165) is 15.4 Å². The van der Waals surface area contributed by atoms with Gasteiger partial charge in [-0.15, -0.1) is 0 Å².